The smallest absolute Gasteiger partial charge is 0.253 e. The number of furan rings is 1. The first-order valence-corrected chi connectivity index (χ1v) is 9.75. The van der Waals surface area contributed by atoms with Crippen LogP contribution < -0.4 is 10.6 Å². The molecule has 146 valence electrons. The number of benzene rings is 1. The number of anilines is 1. The highest BCUT2D eigenvalue weighted by atomic mass is 32.2. The van der Waals surface area contributed by atoms with Crippen LogP contribution in [0, 0.1) is 0 Å². The summed E-state index contributed by atoms with van der Waals surface area (Å²) in [6, 6.07) is 10.6. The zero-order valence-corrected chi connectivity index (χ0v) is 16.4. The molecule has 2 heterocycles. The molecule has 0 saturated heterocycles. The van der Waals surface area contributed by atoms with Crippen LogP contribution in [0.25, 0.3) is 0 Å². The lowest BCUT2D eigenvalue weighted by atomic mass is 10.1. The second kappa shape index (κ2) is 9.23. The molecule has 2 aromatic heterocycles. The third-order valence-electron chi connectivity index (χ3n) is 3.88. The van der Waals surface area contributed by atoms with Crippen molar-refractivity contribution in [2.75, 3.05) is 11.1 Å². The molecule has 8 nitrogen and oxygen atoms in total. The summed E-state index contributed by atoms with van der Waals surface area (Å²) in [5.41, 5.74) is 0.841. The SMILES string of the molecule is CC(C)n1cnnc1SCC(=O)Nc1ccccc1C(=O)NCc1ccco1. The summed E-state index contributed by atoms with van der Waals surface area (Å²) in [4.78, 5) is 24.8. The van der Waals surface area contributed by atoms with Gasteiger partial charge in [-0.05, 0) is 38.1 Å². The molecule has 0 unspecified atom stereocenters. The Balaban J connectivity index is 1.60. The number of nitrogens with one attached hydrogen (secondary N) is 2. The molecule has 0 saturated carbocycles. The molecule has 2 amide bonds. The summed E-state index contributed by atoms with van der Waals surface area (Å²) in [6.07, 6.45) is 3.19. The molecule has 0 spiro atoms. The Morgan fingerprint density at radius 1 is 1.21 bits per heavy atom. The maximum absolute atomic E-state index is 12.5. The maximum atomic E-state index is 12.5. The van der Waals surface area contributed by atoms with Crippen molar-refractivity contribution in [1.82, 2.24) is 20.1 Å². The molecule has 0 atom stereocenters. The molecular weight excluding hydrogens is 378 g/mol. The van der Waals surface area contributed by atoms with Gasteiger partial charge in [0.15, 0.2) is 5.16 Å². The predicted molar refractivity (Wildman–Crippen MR) is 106 cm³/mol. The lowest BCUT2D eigenvalue weighted by Gasteiger charge is -2.12. The summed E-state index contributed by atoms with van der Waals surface area (Å²) < 4.78 is 7.10. The van der Waals surface area contributed by atoms with E-state index < -0.39 is 0 Å². The van der Waals surface area contributed by atoms with E-state index in [0.717, 1.165) is 0 Å². The van der Waals surface area contributed by atoms with E-state index in [2.05, 4.69) is 20.8 Å². The van der Waals surface area contributed by atoms with Gasteiger partial charge in [0, 0.05) is 6.04 Å². The fourth-order valence-electron chi connectivity index (χ4n) is 2.47. The van der Waals surface area contributed by atoms with E-state index in [1.165, 1.54) is 11.8 Å². The molecule has 9 heteroatoms. The minimum atomic E-state index is -0.292. The number of amides is 2. The van der Waals surface area contributed by atoms with Gasteiger partial charge in [0.1, 0.15) is 12.1 Å². The third-order valence-corrected chi connectivity index (χ3v) is 4.84. The summed E-state index contributed by atoms with van der Waals surface area (Å²) in [7, 11) is 0. The van der Waals surface area contributed by atoms with Crippen LogP contribution >= 0.6 is 11.8 Å². The molecule has 28 heavy (non-hydrogen) atoms. The summed E-state index contributed by atoms with van der Waals surface area (Å²) in [6.45, 7) is 4.31. The van der Waals surface area contributed by atoms with Gasteiger partial charge in [-0.15, -0.1) is 10.2 Å². The van der Waals surface area contributed by atoms with Crippen molar-refractivity contribution < 1.29 is 14.0 Å². The van der Waals surface area contributed by atoms with Gasteiger partial charge in [0.25, 0.3) is 5.91 Å². The second-order valence-electron chi connectivity index (χ2n) is 6.26. The van der Waals surface area contributed by atoms with Crippen LogP contribution in [0.5, 0.6) is 0 Å². The van der Waals surface area contributed by atoms with E-state index in [0.29, 0.717) is 22.2 Å². The topological polar surface area (TPSA) is 102 Å². The van der Waals surface area contributed by atoms with Gasteiger partial charge in [-0.2, -0.15) is 0 Å². The van der Waals surface area contributed by atoms with Crippen molar-refractivity contribution in [2.24, 2.45) is 0 Å². The van der Waals surface area contributed by atoms with Crippen molar-refractivity contribution in [3.8, 4) is 0 Å². The average Bonchev–Trinajstić information content (AvgIpc) is 3.36. The van der Waals surface area contributed by atoms with Crippen LogP contribution in [0.3, 0.4) is 0 Å². The largest absolute Gasteiger partial charge is 0.467 e. The van der Waals surface area contributed by atoms with Gasteiger partial charge in [0.05, 0.1) is 29.8 Å². The van der Waals surface area contributed by atoms with Crippen molar-refractivity contribution in [3.63, 3.8) is 0 Å². The molecule has 3 rings (SSSR count). The second-order valence-corrected chi connectivity index (χ2v) is 7.20. The van der Waals surface area contributed by atoms with Gasteiger partial charge in [-0.1, -0.05) is 23.9 Å². The first-order chi connectivity index (χ1) is 13.5. The molecule has 2 N–H and O–H groups in total. The van der Waals surface area contributed by atoms with E-state index in [4.69, 9.17) is 4.42 Å². The molecular formula is C19H21N5O3S. The number of rotatable bonds is 8. The number of para-hydroxylation sites is 1. The Bertz CT molecular complexity index is 937. The van der Waals surface area contributed by atoms with Gasteiger partial charge in [-0.25, -0.2) is 0 Å². The van der Waals surface area contributed by atoms with E-state index in [1.807, 2.05) is 18.4 Å². The zero-order valence-electron chi connectivity index (χ0n) is 15.6. The Labute approximate surface area is 166 Å². The number of hydrogen-bond donors (Lipinski definition) is 2. The predicted octanol–water partition coefficient (Wildman–Crippen LogP) is 3.11. The minimum Gasteiger partial charge on any atom is -0.467 e. The van der Waals surface area contributed by atoms with Crippen molar-refractivity contribution in [1.29, 1.82) is 0 Å². The summed E-state index contributed by atoms with van der Waals surface area (Å²) >= 11 is 1.30. The Morgan fingerprint density at radius 2 is 2.04 bits per heavy atom. The highest BCUT2D eigenvalue weighted by Gasteiger charge is 2.15. The number of hydrogen-bond acceptors (Lipinski definition) is 6. The molecule has 3 aromatic rings. The van der Waals surface area contributed by atoms with Crippen LogP contribution in [0.15, 0.2) is 58.6 Å². The highest BCUT2D eigenvalue weighted by molar-refractivity contribution is 7.99. The molecule has 0 radical (unpaired) electrons. The minimum absolute atomic E-state index is 0.160. The zero-order chi connectivity index (χ0) is 19.9. The van der Waals surface area contributed by atoms with E-state index in [1.54, 1.807) is 49.0 Å². The van der Waals surface area contributed by atoms with E-state index in [-0.39, 0.29) is 30.2 Å². The first kappa shape index (κ1) is 19.7. The number of thioether (sulfide) groups is 1. The van der Waals surface area contributed by atoms with Crippen molar-refractivity contribution in [2.45, 2.75) is 31.6 Å². The lowest BCUT2D eigenvalue weighted by molar-refractivity contribution is -0.113. The first-order valence-electron chi connectivity index (χ1n) is 8.76. The van der Waals surface area contributed by atoms with Gasteiger partial charge in [0.2, 0.25) is 5.91 Å². The van der Waals surface area contributed by atoms with Gasteiger partial charge in [-0.3, -0.25) is 9.59 Å². The molecule has 0 aliphatic rings. The van der Waals surface area contributed by atoms with E-state index in [9.17, 15) is 9.59 Å². The fourth-order valence-corrected chi connectivity index (χ4v) is 3.32. The van der Waals surface area contributed by atoms with Crippen molar-refractivity contribution >= 4 is 29.3 Å². The van der Waals surface area contributed by atoms with Crippen molar-refractivity contribution in [3.05, 3.63) is 60.3 Å². The number of aromatic nitrogens is 3. The van der Waals surface area contributed by atoms with Crippen LogP contribution in [-0.4, -0.2) is 32.3 Å². The summed E-state index contributed by atoms with van der Waals surface area (Å²) in [5, 5.41) is 14.2. The average molecular weight is 399 g/mol. The Hall–Kier alpha value is -3.07. The van der Waals surface area contributed by atoms with Crippen LogP contribution in [0.1, 0.15) is 36.0 Å². The lowest BCUT2D eigenvalue weighted by Crippen LogP contribution is -2.25. The number of nitrogens with zero attached hydrogens (tertiary/aromatic N) is 3. The van der Waals surface area contributed by atoms with Crippen LogP contribution in [-0.2, 0) is 11.3 Å². The number of carbonyl (C=O) groups excluding carboxylic acids is 2. The fraction of sp³-hybridized carbons (Fsp3) is 0.263. The molecule has 0 aliphatic carbocycles. The number of carbonyl (C=O) groups is 2. The van der Waals surface area contributed by atoms with Gasteiger partial charge >= 0.3 is 0 Å². The molecule has 1 aromatic carbocycles. The molecule has 0 aliphatic heterocycles. The molecule has 0 bridgehead atoms. The Kier molecular flexibility index (Phi) is 6.49. The highest BCUT2D eigenvalue weighted by Crippen LogP contribution is 2.20. The maximum Gasteiger partial charge on any atom is 0.253 e. The quantitative estimate of drug-likeness (QED) is 0.564. The van der Waals surface area contributed by atoms with Crippen LogP contribution in [0.4, 0.5) is 5.69 Å². The molecule has 0 fully saturated rings. The normalized spacial score (nSPS) is 10.8. The standard InChI is InChI=1S/C19H21N5O3S/c1-13(2)24-12-21-23-19(24)28-11-17(25)22-16-8-4-3-7-15(16)18(26)20-10-14-6-5-9-27-14/h3-9,12-13H,10-11H2,1-2H3,(H,20,26)(H,22,25). The Morgan fingerprint density at radius 3 is 2.79 bits per heavy atom. The van der Waals surface area contributed by atoms with E-state index >= 15 is 0 Å². The monoisotopic (exact) mass is 399 g/mol. The van der Waals surface area contributed by atoms with Gasteiger partial charge < -0.3 is 19.6 Å². The van der Waals surface area contributed by atoms with Crippen LogP contribution in [0.2, 0.25) is 0 Å². The summed E-state index contributed by atoms with van der Waals surface area (Å²) in [5.74, 6) is 0.294. The third kappa shape index (κ3) is 5.01.